The molecule has 0 unspecified atom stereocenters. The van der Waals surface area contributed by atoms with Gasteiger partial charge in [0.05, 0.1) is 5.56 Å². The summed E-state index contributed by atoms with van der Waals surface area (Å²) in [6.07, 6.45) is 0. The third kappa shape index (κ3) is 2.36. The zero-order valence-electron chi connectivity index (χ0n) is 9.58. The van der Waals surface area contributed by atoms with E-state index in [0.717, 1.165) is 6.07 Å². The van der Waals surface area contributed by atoms with Gasteiger partial charge in [0, 0.05) is 10.9 Å². The predicted molar refractivity (Wildman–Crippen MR) is 66.2 cm³/mol. The smallest absolute Gasteiger partial charge is 0.200 e. The first-order chi connectivity index (χ1) is 9.38. The van der Waals surface area contributed by atoms with Crippen molar-refractivity contribution in [3.05, 3.63) is 57.9 Å². The van der Waals surface area contributed by atoms with Gasteiger partial charge in [-0.05, 0) is 23.3 Å². The Hall–Kier alpha value is -1.33. The van der Waals surface area contributed by atoms with Crippen molar-refractivity contribution < 1.29 is 22.0 Å². The molecule has 0 atom stereocenters. The number of alkyl halides is 1. The predicted octanol–water partition coefficient (Wildman–Crippen LogP) is 5.44. The van der Waals surface area contributed by atoms with E-state index in [1.54, 1.807) is 0 Å². The summed E-state index contributed by atoms with van der Waals surface area (Å²) in [6.45, 7) is 0. The van der Waals surface area contributed by atoms with Gasteiger partial charge in [-0.3, -0.25) is 0 Å². The van der Waals surface area contributed by atoms with Crippen LogP contribution in [0.3, 0.4) is 0 Å². The second-order valence-electron chi connectivity index (χ2n) is 3.88. The van der Waals surface area contributed by atoms with Crippen molar-refractivity contribution in [2.24, 2.45) is 0 Å². The summed E-state index contributed by atoms with van der Waals surface area (Å²) in [5, 5.41) is 0.230. The number of halogens is 7. The molecule has 20 heavy (non-hydrogen) atoms. The lowest BCUT2D eigenvalue weighted by Crippen LogP contribution is -2.05. The standard InChI is InChI=1S/C13H5Cl2F5/c14-4-5-3-6(15)1-2-7(5)8-9(16)11(18)13(20)12(19)10(8)17/h1-3H,4H2. The summed E-state index contributed by atoms with van der Waals surface area (Å²) in [4.78, 5) is 0. The Morgan fingerprint density at radius 1 is 0.800 bits per heavy atom. The van der Waals surface area contributed by atoms with Crippen molar-refractivity contribution in [2.75, 3.05) is 0 Å². The number of hydrogen-bond acceptors (Lipinski definition) is 0. The largest absolute Gasteiger partial charge is 0.203 e. The van der Waals surface area contributed by atoms with Crippen LogP contribution in [0.5, 0.6) is 0 Å². The Morgan fingerprint density at radius 2 is 1.30 bits per heavy atom. The minimum atomic E-state index is -2.20. The summed E-state index contributed by atoms with van der Waals surface area (Å²) in [6, 6.07) is 3.71. The van der Waals surface area contributed by atoms with Crippen LogP contribution in [0.2, 0.25) is 5.02 Å². The van der Waals surface area contributed by atoms with E-state index in [0.29, 0.717) is 0 Å². The monoisotopic (exact) mass is 326 g/mol. The second-order valence-corrected chi connectivity index (χ2v) is 4.58. The van der Waals surface area contributed by atoms with Crippen LogP contribution in [-0.2, 0) is 5.88 Å². The topological polar surface area (TPSA) is 0 Å². The highest BCUT2D eigenvalue weighted by Gasteiger charge is 2.27. The minimum absolute atomic E-state index is 0.155. The first-order valence-corrected chi connectivity index (χ1v) is 6.16. The molecule has 106 valence electrons. The molecule has 0 aliphatic carbocycles. The first kappa shape index (κ1) is 15.1. The van der Waals surface area contributed by atoms with Crippen molar-refractivity contribution in [1.82, 2.24) is 0 Å². The molecular weight excluding hydrogens is 322 g/mol. The molecule has 0 bridgehead atoms. The molecule has 2 rings (SSSR count). The Balaban J connectivity index is 2.83. The van der Waals surface area contributed by atoms with Gasteiger partial charge in [0.15, 0.2) is 23.3 Å². The molecule has 0 amide bonds. The van der Waals surface area contributed by atoms with Crippen molar-refractivity contribution in [1.29, 1.82) is 0 Å². The average molecular weight is 327 g/mol. The third-order valence-electron chi connectivity index (χ3n) is 2.69. The van der Waals surface area contributed by atoms with Crippen LogP contribution < -0.4 is 0 Å². The lowest BCUT2D eigenvalue weighted by atomic mass is 9.99. The molecule has 2 aromatic carbocycles. The van der Waals surface area contributed by atoms with Gasteiger partial charge in [-0.1, -0.05) is 17.7 Å². The molecule has 0 saturated carbocycles. The van der Waals surface area contributed by atoms with Crippen LogP contribution in [0.1, 0.15) is 5.56 Å². The van der Waals surface area contributed by atoms with Crippen molar-refractivity contribution in [3.63, 3.8) is 0 Å². The molecule has 0 nitrogen and oxygen atoms in total. The average Bonchev–Trinajstić information content (AvgIpc) is 2.44. The quantitative estimate of drug-likeness (QED) is 0.298. The second kappa shape index (κ2) is 5.58. The molecule has 0 aliphatic heterocycles. The zero-order valence-corrected chi connectivity index (χ0v) is 11.1. The van der Waals surface area contributed by atoms with E-state index in [1.807, 2.05) is 0 Å². The molecule has 0 spiro atoms. The molecule has 0 saturated heterocycles. The maximum atomic E-state index is 13.7. The highest BCUT2D eigenvalue weighted by atomic mass is 35.5. The Labute approximate surface area is 120 Å². The normalized spacial score (nSPS) is 10.9. The fourth-order valence-electron chi connectivity index (χ4n) is 1.76. The maximum absolute atomic E-state index is 13.7. The number of benzene rings is 2. The fraction of sp³-hybridized carbons (Fsp3) is 0.0769. The van der Waals surface area contributed by atoms with E-state index >= 15 is 0 Å². The highest BCUT2D eigenvalue weighted by Crippen LogP contribution is 2.35. The van der Waals surface area contributed by atoms with Crippen LogP contribution in [-0.4, -0.2) is 0 Å². The number of rotatable bonds is 2. The lowest BCUT2D eigenvalue weighted by Gasteiger charge is -2.12. The van der Waals surface area contributed by atoms with Gasteiger partial charge < -0.3 is 0 Å². The summed E-state index contributed by atoms with van der Waals surface area (Å²) < 4.78 is 66.8. The van der Waals surface area contributed by atoms with Gasteiger partial charge in [0.25, 0.3) is 0 Å². The van der Waals surface area contributed by atoms with Crippen molar-refractivity contribution >= 4 is 23.2 Å². The molecule has 0 aliphatic rings. The van der Waals surface area contributed by atoms with E-state index in [9.17, 15) is 22.0 Å². The molecule has 0 N–H and O–H groups in total. The molecule has 2 aromatic rings. The molecule has 0 fully saturated rings. The van der Waals surface area contributed by atoms with Gasteiger partial charge in [0.1, 0.15) is 0 Å². The van der Waals surface area contributed by atoms with E-state index in [2.05, 4.69) is 0 Å². The Kier molecular flexibility index (Phi) is 4.20. The third-order valence-corrected chi connectivity index (χ3v) is 3.21. The molecule has 0 heterocycles. The van der Waals surface area contributed by atoms with Gasteiger partial charge in [0.2, 0.25) is 5.82 Å². The fourth-order valence-corrected chi connectivity index (χ4v) is 2.17. The Morgan fingerprint density at radius 3 is 1.80 bits per heavy atom. The maximum Gasteiger partial charge on any atom is 0.200 e. The van der Waals surface area contributed by atoms with Crippen molar-refractivity contribution in [3.8, 4) is 11.1 Å². The van der Waals surface area contributed by atoms with E-state index in [4.69, 9.17) is 23.2 Å². The van der Waals surface area contributed by atoms with Gasteiger partial charge in [-0.15, -0.1) is 11.6 Å². The molecule has 0 aromatic heterocycles. The summed E-state index contributed by atoms with van der Waals surface area (Å²) in [5.41, 5.74) is -1.06. The van der Waals surface area contributed by atoms with Crippen molar-refractivity contribution in [2.45, 2.75) is 5.88 Å². The zero-order chi connectivity index (χ0) is 15.0. The summed E-state index contributed by atoms with van der Waals surface area (Å²) >= 11 is 11.3. The van der Waals surface area contributed by atoms with E-state index in [-0.39, 0.29) is 22.0 Å². The lowest BCUT2D eigenvalue weighted by molar-refractivity contribution is 0.381. The minimum Gasteiger partial charge on any atom is -0.203 e. The highest BCUT2D eigenvalue weighted by molar-refractivity contribution is 6.30. The van der Waals surface area contributed by atoms with Gasteiger partial charge in [-0.25, -0.2) is 22.0 Å². The van der Waals surface area contributed by atoms with E-state index in [1.165, 1.54) is 12.1 Å². The van der Waals surface area contributed by atoms with Crippen LogP contribution in [0.4, 0.5) is 22.0 Å². The Bertz CT molecular complexity index is 656. The van der Waals surface area contributed by atoms with Gasteiger partial charge >= 0.3 is 0 Å². The molecule has 7 heteroatoms. The number of hydrogen-bond donors (Lipinski definition) is 0. The summed E-state index contributed by atoms with van der Waals surface area (Å²) in [5.74, 6) is -10.2. The summed E-state index contributed by atoms with van der Waals surface area (Å²) in [7, 11) is 0. The van der Waals surface area contributed by atoms with Crippen LogP contribution in [0.15, 0.2) is 18.2 Å². The van der Waals surface area contributed by atoms with Gasteiger partial charge in [-0.2, -0.15) is 0 Å². The molecule has 0 radical (unpaired) electrons. The van der Waals surface area contributed by atoms with Crippen LogP contribution in [0, 0.1) is 29.1 Å². The van der Waals surface area contributed by atoms with Crippen LogP contribution >= 0.6 is 23.2 Å². The van der Waals surface area contributed by atoms with Crippen LogP contribution in [0.25, 0.3) is 11.1 Å². The SMILES string of the molecule is Fc1c(F)c(F)c(-c2ccc(Cl)cc2CCl)c(F)c1F. The first-order valence-electron chi connectivity index (χ1n) is 5.24. The molecular formula is C13H5Cl2F5. The van der Waals surface area contributed by atoms with E-state index < -0.39 is 34.6 Å².